The van der Waals surface area contributed by atoms with Gasteiger partial charge in [0.05, 0.1) is 0 Å². The first-order chi connectivity index (χ1) is 5.41. The fourth-order valence-electron chi connectivity index (χ4n) is 0.581. The minimum Gasteiger partial charge on any atom is -0.399 e. The van der Waals surface area contributed by atoms with Crippen molar-refractivity contribution in [3.63, 3.8) is 0 Å². The van der Waals surface area contributed by atoms with Crippen LogP contribution in [0.25, 0.3) is 0 Å². The van der Waals surface area contributed by atoms with E-state index in [0.29, 0.717) is 5.69 Å². The first-order valence-corrected chi connectivity index (χ1v) is 2.57. The Bertz CT molecular complexity index is 293. The number of hydrogen-bond acceptors (Lipinski definition) is 2. The molecule has 0 aliphatic heterocycles. The highest BCUT2D eigenvalue weighted by Crippen LogP contribution is 2.13. The second-order valence-electron chi connectivity index (χ2n) is 1.85. The van der Waals surface area contributed by atoms with Gasteiger partial charge in [0.2, 0.25) is 0 Å². The molecule has 9 heavy (non-hydrogen) atoms. The third kappa shape index (κ3) is 1.13. The highest BCUT2D eigenvalue weighted by Gasteiger charge is 1.90. The summed E-state index contributed by atoms with van der Waals surface area (Å²) < 4.78 is 21.3. The molecule has 48 valence electrons. The molecule has 1 rings (SSSR count). The lowest BCUT2D eigenvalue weighted by atomic mass is 10.2. The summed E-state index contributed by atoms with van der Waals surface area (Å²) in [4.78, 5) is 0. The molecule has 0 spiro atoms. The predicted octanol–water partition coefficient (Wildman–Crippen LogP) is 1.16. The maximum atomic E-state index is 7.10. The summed E-state index contributed by atoms with van der Waals surface area (Å²) >= 11 is 0. The van der Waals surface area contributed by atoms with Crippen molar-refractivity contribution in [1.29, 1.82) is 0 Å². The smallest absolute Gasteiger partial charge is 0.0364 e. The summed E-state index contributed by atoms with van der Waals surface area (Å²) in [5.74, 6) is 0. The molecule has 0 fully saturated rings. The Balaban J connectivity index is 3.19. The van der Waals surface area contributed by atoms with E-state index in [2.05, 4.69) is 0 Å². The van der Waals surface area contributed by atoms with Crippen LogP contribution >= 0.6 is 0 Å². The van der Waals surface area contributed by atoms with Gasteiger partial charge in [-0.3, -0.25) is 0 Å². The van der Waals surface area contributed by atoms with Crippen molar-refractivity contribution in [1.82, 2.24) is 0 Å². The van der Waals surface area contributed by atoms with E-state index in [-0.39, 0.29) is 11.3 Å². The molecule has 2 heteroatoms. The van der Waals surface area contributed by atoms with Gasteiger partial charge in [-0.05, 0) is 24.5 Å². The molecule has 0 aliphatic rings. The van der Waals surface area contributed by atoms with Crippen molar-refractivity contribution < 1.29 is 4.11 Å². The zero-order valence-electron chi connectivity index (χ0n) is 7.89. The number of rotatable bonds is 0. The molecule has 0 saturated carbocycles. The number of benzene rings is 1. The maximum absolute atomic E-state index is 7.10. The lowest BCUT2D eigenvalue weighted by Gasteiger charge is -1.98. The highest BCUT2D eigenvalue weighted by molar-refractivity contribution is 5.55. The van der Waals surface area contributed by atoms with Gasteiger partial charge in [-0.25, -0.2) is 0 Å². The van der Waals surface area contributed by atoms with Gasteiger partial charge in [0.25, 0.3) is 0 Å². The van der Waals surface area contributed by atoms with Gasteiger partial charge >= 0.3 is 0 Å². The van der Waals surface area contributed by atoms with Crippen LogP contribution in [-0.2, 0) is 0 Å². The maximum Gasteiger partial charge on any atom is 0.0364 e. The topological polar surface area (TPSA) is 52.0 Å². The Hall–Kier alpha value is -1.18. The van der Waals surface area contributed by atoms with Gasteiger partial charge < -0.3 is 11.5 Å². The molecule has 1 aromatic rings. The molecule has 2 nitrogen and oxygen atoms in total. The lowest BCUT2D eigenvalue weighted by Crippen LogP contribution is -1.91. The largest absolute Gasteiger partial charge is 0.399 e. The van der Waals surface area contributed by atoms with Crippen LogP contribution < -0.4 is 11.5 Å². The average Bonchev–Trinajstić information content (AvgIpc) is 1.83. The molecule has 0 aromatic heterocycles. The molecular formula is C7H10N2. The van der Waals surface area contributed by atoms with E-state index in [1.807, 2.05) is 0 Å². The number of anilines is 2. The summed E-state index contributed by atoms with van der Waals surface area (Å²) in [6, 6.07) is 4.40. The minimum absolute atomic E-state index is 0.150. The van der Waals surface area contributed by atoms with Crippen molar-refractivity contribution in [2.45, 2.75) is 6.85 Å². The standard InChI is InChI=1S/C7H10N2/c1-5-2-3-6(8)4-7(5)9/h2-4H,8-9H2,1H3/i1D3. The van der Waals surface area contributed by atoms with Gasteiger partial charge in [-0.15, -0.1) is 0 Å². The molecule has 0 heterocycles. The van der Waals surface area contributed by atoms with Crippen LogP contribution in [0.4, 0.5) is 11.4 Å². The first kappa shape index (κ1) is 3.11. The second-order valence-corrected chi connectivity index (χ2v) is 1.85. The van der Waals surface area contributed by atoms with Crippen LogP contribution in [0.1, 0.15) is 9.68 Å². The summed E-state index contributed by atoms with van der Waals surface area (Å²) in [6.45, 7) is -2.15. The van der Waals surface area contributed by atoms with Gasteiger partial charge in [0, 0.05) is 15.5 Å². The average molecular weight is 125 g/mol. The molecular weight excluding hydrogens is 112 g/mol. The summed E-state index contributed by atoms with van der Waals surface area (Å²) in [5.41, 5.74) is 11.7. The van der Waals surface area contributed by atoms with Crippen LogP contribution in [0.5, 0.6) is 0 Å². The number of nitrogen functional groups attached to an aromatic ring is 2. The SMILES string of the molecule is [2H]C([2H])([2H])c1ccc(N)cc1N. The predicted molar refractivity (Wildman–Crippen MR) is 40.0 cm³/mol. The molecule has 0 unspecified atom stereocenters. The summed E-state index contributed by atoms with van der Waals surface area (Å²) in [5, 5.41) is 0. The van der Waals surface area contributed by atoms with Gasteiger partial charge in [-0.2, -0.15) is 0 Å². The molecule has 0 saturated heterocycles. The Labute approximate surface area is 58.7 Å². The van der Waals surface area contributed by atoms with Gasteiger partial charge in [0.1, 0.15) is 0 Å². The van der Waals surface area contributed by atoms with Crippen molar-refractivity contribution in [3.8, 4) is 0 Å². The summed E-state index contributed by atoms with van der Waals surface area (Å²) in [7, 11) is 0. The fourth-order valence-corrected chi connectivity index (χ4v) is 0.581. The number of hydrogen-bond donors (Lipinski definition) is 2. The van der Waals surface area contributed by atoms with E-state index >= 15 is 0 Å². The van der Waals surface area contributed by atoms with Crippen LogP contribution in [0, 0.1) is 6.85 Å². The molecule has 0 bridgehead atoms. The zero-order valence-corrected chi connectivity index (χ0v) is 4.89. The monoisotopic (exact) mass is 125 g/mol. The Morgan fingerprint density at radius 2 is 2.22 bits per heavy atom. The highest BCUT2D eigenvalue weighted by atomic mass is 14.6. The fraction of sp³-hybridized carbons (Fsp3) is 0.143. The quantitative estimate of drug-likeness (QED) is 0.511. The van der Waals surface area contributed by atoms with Gasteiger partial charge in [-0.1, -0.05) is 6.07 Å². The van der Waals surface area contributed by atoms with E-state index in [1.165, 1.54) is 18.2 Å². The zero-order chi connectivity index (χ0) is 9.35. The normalized spacial score (nSPS) is 15.8. The van der Waals surface area contributed by atoms with Gasteiger partial charge in [0.15, 0.2) is 0 Å². The number of nitrogens with two attached hydrogens (primary N) is 2. The van der Waals surface area contributed by atoms with E-state index in [4.69, 9.17) is 15.6 Å². The minimum atomic E-state index is -2.15. The molecule has 0 amide bonds. The second kappa shape index (κ2) is 1.97. The molecule has 0 atom stereocenters. The van der Waals surface area contributed by atoms with Crippen LogP contribution in [0.15, 0.2) is 18.2 Å². The van der Waals surface area contributed by atoms with Crippen molar-refractivity contribution in [2.75, 3.05) is 11.5 Å². The Morgan fingerprint density at radius 3 is 2.78 bits per heavy atom. The molecule has 4 N–H and O–H groups in total. The molecule has 0 radical (unpaired) electrons. The Morgan fingerprint density at radius 1 is 1.44 bits per heavy atom. The van der Waals surface area contributed by atoms with E-state index < -0.39 is 6.85 Å². The van der Waals surface area contributed by atoms with Crippen LogP contribution in [0.2, 0.25) is 0 Å². The van der Waals surface area contributed by atoms with E-state index in [9.17, 15) is 0 Å². The van der Waals surface area contributed by atoms with E-state index in [1.54, 1.807) is 0 Å². The first-order valence-electron chi connectivity index (χ1n) is 4.07. The third-order valence-electron chi connectivity index (χ3n) is 1.08. The third-order valence-corrected chi connectivity index (χ3v) is 1.08. The molecule has 0 aliphatic carbocycles. The van der Waals surface area contributed by atoms with E-state index in [0.717, 1.165) is 0 Å². The van der Waals surface area contributed by atoms with Crippen LogP contribution in [0.3, 0.4) is 0 Å². The summed E-state index contributed by atoms with van der Waals surface area (Å²) in [6.07, 6.45) is 0. The van der Waals surface area contributed by atoms with Crippen LogP contribution in [-0.4, -0.2) is 0 Å². The lowest BCUT2D eigenvalue weighted by molar-refractivity contribution is 1.47. The van der Waals surface area contributed by atoms with Crippen molar-refractivity contribution in [2.24, 2.45) is 0 Å². The van der Waals surface area contributed by atoms with Crippen molar-refractivity contribution >= 4 is 11.4 Å². The number of aryl methyl sites for hydroxylation is 1. The molecule has 1 aromatic carbocycles. The van der Waals surface area contributed by atoms with Crippen molar-refractivity contribution in [3.05, 3.63) is 23.8 Å². The Kier molecular flexibility index (Phi) is 0.681.